The summed E-state index contributed by atoms with van der Waals surface area (Å²) < 4.78 is 0. The first-order valence-electron chi connectivity index (χ1n) is 5.35. The predicted octanol–water partition coefficient (Wildman–Crippen LogP) is 2.26. The summed E-state index contributed by atoms with van der Waals surface area (Å²) in [5.41, 5.74) is 0. The molecule has 0 N–H and O–H groups in total. The molecule has 3 saturated carbocycles. The van der Waals surface area contributed by atoms with E-state index in [0.29, 0.717) is 5.92 Å². The van der Waals surface area contributed by atoms with Crippen molar-refractivity contribution in [3.05, 3.63) is 0 Å². The van der Waals surface area contributed by atoms with E-state index in [1.54, 1.807) is 0 Å². The molecule has 0 spiro atoms. The third-order valence-corrected chi connectivity index (χ3v) is 4.66. The molecule has 66 valence electrons. The molecule has 0 saturated heterocycles. The van der Waals surface area contributed by atoms with Crippen LogP contribution in [-0.4, -0.2) is 6.29 Å². The molecular weight excluding hydrogens is 148 g/mol. The summed E-state index contributed by atoms with van der Waals surface area (Å²) in [5.74, 6) is 4.19. The van der Waals surface area contributed by atoms with Crippen molar-refractivity contribution >= 4 is 6.29 Å². The number of carbonyl (C=O) groups is 1. The number of carbonyl (C=O) groups excluding carboxylic acids is 1. The molecule has 0 bridgehead atoms. The van der Waals surface area contributed by atoms with E-state index in [1.807, 2.05) is 0 Å². The van der Waals surface area contributed by atoms with Crippen molar-refractivity contribution < 1.29 is 4.79 Å². The summed E-state index contributed by atoms with van der Waals surface area (Å²) in [4.78, 5) is 10.8. The lowest BCUT2D eigenvalue weighted by Gasteiger charge is -2.14. The van der Waals surface area contributed by atoms with Gasteiger partial charge < -0.3 is 4.79 Å². The molecule has 12 heavy (non-hydrogen) atoms. The van der Waals surface area contributed by atoms with Crippen LogP contribution >= 0.6 is 0 Å². The van der Waals surface area contributed by atoms with Crippen LogP contribution in [0.5, 0.6) is 0 Å². The fourth-order valence-electron chi connectivity index (χ4n) is 4.29. The Bertz CT molecular complexity index is 211. The van der Waals surface area contributed by atoms with E-state index < -0.39 is 0 Å². The van der Waals surface area contributed by atoms with Crippen molar-refractivity contribution in [2.45, 2.75) is 32.1 Å². The van der Waals surface area contributed by atoms with Gasteiger partial charge in [0.2, 0.25) is 0 Å². The molecule has 3 rings (SSSR count). The van der Waals surface area contributed by atoms with Gasteiger partial charge in [-0.05, 0) is 55.8 Å². The Morgan fingerprint density at radius 1 is 1.00 bits per heavy atom. The van der Waals surface area contributed by atoms with Gasteiger partial charge in [0.25, 0.3) is 0 Å². The molecule has 5 atom stereocenters. The number of rotatable bonds is 1. The van der Waals surface area contributed by atoms with Gasteiger partial charge >= 0.3 is 0 Å². The van der Waals surface area contributed by atoms with Gasteiger partial charge in [0.15, 0.2) is 0 Å². The lowest BCUT2D eigenvalue weighted by atomic mass is 9.90. The van der Waals surface area contributed by atoms with Gasteiger partial charge in [-0.15, -0.1) is 0 Å². The molecule has 3 fully saturated rings. The van der Waals surface area contributed by atoms with Gasteiger partial charge in [0, 0.05) is 5.92 Å². The maximum atomic E-state index is 10.8. The van der Waals surface area contributed by atoms with Crippen LogP contribution in [0.4, 0.5) is 0 Å². The van der Waals surface area contributed by atoms with Crippen LogP contribution in [0.3, 0.4) is 0 Å². The average Bonchev–Trinajstić information content (AvgIpc) is 2.72. The van der Waals surface area contributed by atoms with Gasteiger partial charge in [-0.3, -0.25) is 0 Å². The Morgan fingerprint density at radius 2 is 1.75 bits per heavy atom. The SMILES string of the molecule is O=CC1CC2CCC3CCC1C32. The van der Waals surface area contributed by atoms with Gasteiger partial charge in [-0.1, -0.05) is 0 Å². The largest absolute Gasteiger partial charge is 0.303 e. The first-order chi connectivity index (χ1) is 5.90. The lowest BCUT2D eigenvalue weighted by molar-refractivity contribution is -0.112. The normalized spacial score (nSPS) is 55.8. The number of aldehydes is 1. The summed E-state index contributed by atoms with van der Waals surface area (Å²) >= 11 is 0. The molecule has 5 unspecified atom stereocenters. The second-order valence-corrected chi connectivity index (χ2v) is 4.95. The van der Waals surface area contributed by atoms with Gasteiger partial charge in [-0.25, -0.2) is 0 Å². The second kappa shape index (κ2) is 2.34. The smallest absolute Gasteiger partial charge is 0.123 e. The minimum absolute atomic E-state index is 0.449. The molecule has 0 aromatic rings. The molecule has 0 aromatic carbocycles. The van der Waals surface area contributed by atoms with Crippen LogP contribution < -0.4 is 0 Å². The fraction of sp³-hybridized carbons (Fsp3) is 0.909. The highest BCUT2D eigenvalue weighted by molar-refractivity contribution is 5.55. The highest BCUT2D eigenvalue weighted by Gasteiger charge is 2.52. The molecule has 3 aliphatic carbocycles. The highest BCUT2D eigenvalue weighted by Crippen LogP contribution is 2.59. The van der Waals surface area contributed by atoms with Crippen molar-refractivity contribution in [3.8, 4) is 0 Å². The van der Waals surface area contributed by atoms with Gasteiger partial charge in [-0.2, -0.15) is 0 Å². The van der Waals surface area contributed by atoms with Crippen molar-refractivity contribution in [1.29, 1.82) is 0 Å². The molecule has 3 aliphatic rings. The standard InChI is InChI=1S/C11H16O/c12-6-9-5-8-2-1-7-3-4-10(9)11(7)8/h6-11H,1-5H2. The Morgan fingerprint density at radius 3 is 2.58 bits per heavy atom. The van der Waals surface area contributed by atoms with Crippen LogP contribution in [-0.2, 0) is 4.79 Å². The zero-order chi connectivity index (χ0) is 8.13. The average molecular weight is 164 g/mol. The maximum Gasteiger partial charge on any atom is 0.123 e. The lowest BCUT2D eigenvalue weighted by Crippen LogP contribution is -2.12. The summed E-state index contributed by atoms with van der Waals surface area (Å²) in [6.45, 7) is 0. The number of hydrogen-bond donors (Lipinski definition) is 0. The highest BCUT2D eigenvalue weighted by atomic mass is 16.1. The molecule has 1 heteroatoms. The Balaban J connectivity index is 1.91. The van der Waals surface area contributed by atoms with E-state index in [2.05, 4.69) is 0 Å². The summed E-state index contributed by atoms with van der Waals surface area (Å²) in [6.07, 6.45) is 8.15. The molecule has 1 nitrogen and oxygen atoms in total. The molecule has 0 aromatic heterocycles. The van der Waals surface area contributed by atoms with Crippen molar-refractivity contribution in [2.24, 2.45) is 29.6 Å². The molecular formula is C11H16O. The molecule has 0 aliphatic heterocycles. The van der Waals surface area contributed by atoms with Crippen molar-refractivity contribution in [2.75, 3.05) is 0 Å². The summed E-state index contributed by atoms with van der Waals surface area (Å²) in [5, 5.41) is 0. The van der Waals surface area contributed by atoms with Crippen LogP contribution in [0.2, 0.25) is 0 Å². The van der Waals surface area contributed by atoms with Crippen LogP contribution in [0.15, 0.2) is 0 Å². The first-order valence-corrected chi connectivity index (χ1v) is 5.35. The van der Waals surface area contributed by atoms with E-state index in [1.165, 1.54) is 38.4 Å². The Kier molecular flexibility index (Phi) is 1.38. The zero-order valence-corrected chi connectivity index (χ0v) is 7.41. The zero-order valence-electron chi connectivity index (χ0n) is 7.41. The van der Waals surface area contributed by atoms with E-state index in [-0.39, 0.29) is 0 Å². The molecule has 0 radical (unpaired) electrons. The number of hydrogen-bond acceptors (Lipinski definition) is 1. The minimum Gasteiger partial charge on any atom is -0.303 e. The van der Waals surface area contributed by atoms with Crippen LogP contribution in [0.25, 0.3) is 0 Å². The van der Waals surface area contributed by atoms with Gasteiger partial charge in [0.05, 0.1) is 0 Å². The van der Waals surface area contributed by atoms with Crippen LogP contribution in [0.1, 0.15) is 32.1 Å². The van der Waals surface area contributed by atoms with Gasteiger partial charge in [0.1, 0.15) is 6.29 Å². The maximum absolute atomic E-state index is 10.8. The Hall–Kier alpha value is -0.330. The Labute approximate surface area is 73.5 Å². The molecule has 0 heterocycles. The van der Waals surface area contributed by atoms with E-state index in [0.717, 1.165) is 23.7 Å². The second-order valence-electron chi connectivity index (χ2n) is 4.95. The third kappa shape index (κ3) is 0.725. The predicted molar refractivity (Wildman–Crippen MR) is 46.6 cm³/mol. The quantitative estimate of drug-likeness (QED) is 0.543. The topological polar surface area (TPSA) is 17.1 Å². The third-order valence-electron chi connectivity index (χ3n) is 4.66. The molecule has 0 amide bonds. The summed E-state index contributed by atoms with van der Waals surface area (Å²) in [7, 11) is 0. The van der Waals surface area contributed by atoms with E-state index in [4.69, 9.17) is 0 Å². The fourth-order valence-corrected chi connectivity index (χ4v) is 4.29. The van der Waals surface area contributed by atoms with Crippen molar-refractivity contribution in [3.63, 3.8) is 0 Å². The van der Waals surface area contributed by atoms with Crippen LogP contribution in [0, 0.1) is 29.6 Å². The van der Waals surface area contributed by atoms with Crippen molar-refractivity contribution in [1.82, 2.24) is 0 Å². The summed E-state index contributed by atoms with van der Waals surface area (Å²) in [6, 6.07) is 0. The minimum atomic E-state index is 0.449. The van der Waals surface area contributed by atoms with E-state index >= 15 is 0 Å². The monoisotopic (exact) mass is 164 g/mol. The van der Waals surface area contributed by atoms with E-state index in [9.17, 15) is 4.79 Å². The first kappa shape index (κ1) is 7.11.